The Hall–Kier alpha value is -1.50. The predicted molar refractivity (Wildman–Crippen MR) is 100 cm³/mol. The summed E-state index contributed by atoms with van der Waals surface area (Å²) < 4.78 is 0. The number of nitrogens with one attached hydrogen (secondary N) is 1. The number of hydrogen-bond acceptors (Lipinski definition) is 5. The molecule has 0 fully saturated rings. The van der Waals surface area contributed by atoms with Crippen LogP contribution in [0.5, 0.6) is 0 Å². The van der Waals surface area contributed by atoms with Gasteiger partial charge in [0.25, 0.3) is 11.8 Å². The van der Waals surface area contributed by atoms with Gasteiger partial charge in [0.2, 0.25) is 5.91 Å². The van der Waals surface area contributed by atoms with Crippen LogP contribution in [0.2, 0.25) is 0 Å². The maximum absolute atomic E-state index is 12.7. The summed E-state index contributed by atoms with van der Waals surface area (Å²) in [7, 11) is 0. The normalized spacial score (nSPS) is 18.8. The molecule has 1 aliphatic heterocycles. The quantitative estimate of drug-likeness (QED) is 0.702. The number of carbonyl (C=O) groups is 3. The van der Waals surface area contributed by atoms with Crippen molar-refractivity contribution in [2.24, 2.45) is 5.41 Å². The second-order valence-corrected chi connectivity index (χ2v) is 9.31. The van der Waals surface area contributed by atoms with Crippen molar-refractivity contribution in [3.8, 4) is 0 Å². The molecule has 0 aliphatic carbocycles. The lowest BCUT2D eigenvalue weighted by atomic mass is 9.81. The number of aliphatic hydroxyl groups is 1. The lowest BCUT2D eigenvalue weighted by Crippen LogP contribution is -2.48. The fraction of sp³-hybridized carbons (Fsp3) is 0.722. The van der Waals surface area contributed by atoms with Gasteiger partial charge in [0.05, 0.1) is 6.04 Å². The van der Waals surface area contributed by atoms with Crippen LogP contribution in [0.3, 0.4) is 0 Å². The molecule has 1 rings (SSSR count). The Morgan fingerprint density at radius 3 is 2.24 bits per heavy atom. The van der Waals surface area contributed by atoms with Crippen LogP contribution in [-0.4, -0.2) is 51.3 Å². The minimum atomic E-state index is -0.760. The molecule has 1 atom stereocenters. The molecular weight excluding hydrogens is 340 g/mol. The molecule has 0 radical (unpaired) electrons. The molecule has 1 unspecified atom stereocenters. The lowest BCUT2D eigenvalue weighted by Gasteiger charge is -2.33. The molecule has 3 amide bonds. The average molecular weight is 371 g/mol. The Bertz CT molecular complexity index is 590. The molecule has 0 bridgehead atoms. The second kappa shape index (κ2) is 7.81. The molecule has 0 aromatic carbocycles. The van der Waals surface area contributed by atoms with E-state index < -0.39 is 29.3 Å². The van der Waals surface area contributed by atoms with Gasteiger partial charge in [-0.05, 0) is 44.1 Å². The summed E-state index contributed by atoms with van der Waals surface area (Å²) in [6, 6.07) is -0.760. The highest BCUT2D eigenvalue weighted by molar-refractivity contribution is 7.98. The topological polar surface area (TPSA) is 86.7 Å². The monoisotopic (exact) mass is 370 g/mol. The van der Waals surface area contributed by atoms with Crippen LogP contribution in [0.1, 0.15) is 54.4 Å². The predicted octanol–water partition coefficient (Wildman–Crippen LogP) is 2.64. The highest BCUT2D eigenvalue weighted by atomic mass is 32.2. The van der Waals surface area contributed by atoms with Gasteiger partial charge in [-0.15, -0.1) is 0 Å². The van der Waals surface area contributed by atoms with Gasteiger partial charge in [-0.25, -0.2) is 0 Å². The first-order chi connectivity index (χ1) is 11.3. The van der Waals surface area contributed by atoms with E-state index in [-0.39, 0.29) is 16.7 Å². The summed E-state index contributed by atoms with van der Waals surface area (Å²) in [6.07, 6.45) is 3.01. The molecule has 2 N–H and O–H groups in total. The summed E-state index contributed by atoms with van der Waals surface area (Å²) in [4.78, 5) is 38.1. The highest BCUT2D eigenvalue weighted by Gasteiger charge is 2.45. The Labute approximate surface area is 154 Å². The smallest absolute Gasteiger partial charge is 0.270 e. The Kier molecular flexibility index (Phi) is 6.73. The summed E-state index contributed by atoms with van der Waals surface area (Å²) in [6.45, 7) is 11.2. The van der Waals surface area contributed by atoms with Crippen LogP contribution in [0, 0.1) is 5.41 Å². The molecule has 0 saturated carbocycles. The zero-order valence-corrected chi connectivity index (χ0v) is 17.0. The van der Waals surface area contributed by atoms with Crippen molar-refractivity contribution in [3.05, 3.63) is 11.3 Å². The van der Waals surface area contributed by atoms with Crippen LogP contribution in [0.4, 0.5) is 0 Å². The maximum Gasteiger partial charge on any atom is 0.270 e. The summed E-state index contributed by atoms with van der Waals surface area (Å²) in [5.74, 6) is -1.47. The van der Waals surface area contributed by atoms with Crippen molar-refractivity contribution in [1.29, 1.82) is 0 Å². The third kappa shape index (κ3) is 5.49. The molecule has 1 heterocycles. The number of thioether (sulfide) groups is 1. The Morgan fingerprint density at radius 2 is 1.80 bits per heavy atom. The number of hydrogen-bond donors (Lipinski definition) is 2. The molecular formula is C18H30N2O4S. The van der Waals surface area contributed by atoms with Crippen LogP contribution in [-0.2, 0) is 14.4 Å². The highest BCUT2D eigenvalue weighted by Crippen LogP contribution is 2.30. The molecule has 0 aromatic heterocycles. The molecule has 1 aliphatic rings. The number of carbonyl (C=O) groups excluding carboxylic acids is 3. The number of imide groups is 1. The molecule has 0 spiro atoms. The summed E-state index contributed by atoms with van der Waals surface area (Å²) >= 11 is 1.55. The van der Waals surface area contributed by atoms with Gasteiger partial charge in [-0.3, -0.25) is 19.3 Å². The van der Waals surface area contributed by atoms with E-state index >= 15 is 0 Å². The van der Waals surface area contributed by atoms with Gasteiger partial charge in [0.1, 0.15) is 11.3 Å². The van der Waals surface area contributed by atoms with Crippen molar-refractivity contribution < 1.29 is 19.5 Å². The van der Waals surface area contributed by atoms with Gasteiger partial charge in [0, 0.05) is 12.5 Å². The Morgan fingerprint density at radius 1 is 1.24 bits per heavy atom. The second-order valence-electron chi connectivity index (χ2n) is 8.33. The van der Waals surface area contributed by atoms with E-state index in [0.717, 1.165) is 4.90 Å². The first-order valence-electron chi connectivity index (χ1n) is 8.39. The van der Waals surface area contributed by atoms with Gasteiger partial charge in [-0.2, -0.15) is 11.8 Å². The van der Waals surface area contributed by atoms with Crippen LogP contribution < -0.4 is 5.32 Å². The van der Waals surface area contributed by atoms with Gasteiger partial charge >= 0.3 is 0 Å². The van der Waals surface area contributed by atoms with E-state index in [1.807, 2.05) is 20.1 Å². The zero-order chi connectivity index (χ0) is 19.6. The van der Waals surface area contributed by atoms with E-state index in [1.165, 1.54) is 6.92 Å². The van der Waals surface area contributed by atoms with Crippen LogP contribution >= 0.6 is 11.8 Å². The van der Waals surface area contributed by atoms with Crippen molar-refractivity contribution in [2.75, 3.05) is 12.0 Å². The summed E-state index contributed by atoms with van der Waals surface area (Å²) in [5, 5.41) is 13.3. The average Bonchev–Trinajstić information content (AvgIpc) is 2.63. The van der Waals surface area contributed by atoms with Gasteiger partial charge in [0.15, 0.2) is 0 Å². The standard InChI is InChI=1S/C18H30N2O4S/c1-11(21)20-12(8-9-25-7)14(22)13(16(20)24)15(23)19-18(5,6)10-17(2,3)4/h12,22H,8-10H2,1-7H3,(H,19,23). The van der Waals surface area contributed by atoms with E-state index in [9.17, 15) is 19.5 Å². The van der Waals surface area contributed by atoms with E-state index in [0.29, 0.717) is 18.6 Å². The zero-order valence-electron chi connectivity index (χ0n) is 16.2. The fourth-order valence-corrected chi connectivity index (χ4v) is 3.93. The number of rotatable bonds is 6. The number of nitrogens with zero attached hydrogens (tertiary/aromatic N) is 1. The van der Waals surface area contributed by atoms with E-state index in [2.05, 4.69) is 26.1 Å². The first kappa shape index (κ1) is 21.5. The van der Waals surface area contributed by atoms with Crippen molar-refractivity contribution >= 4 is 29.5 Å². The molecule has 6 nitrogen and oxygen atoms in total. The van der Waals surface area contributed by atoms with E-state index in [4.69, 9.17) is 0 Å². The maximum atomic E-state index is 12.7. The fourth-order valence-electron chi connectivity index (χ4n) is 3.47. The minimum absolute atomic E-state index is 0.0147. The van der Waals surface area contributed by atoms with E-state index in [1.54, 1.807) is 11.8 Å². The minimum Gasteiger partial charge on any atom is -0.509 e. The van der Waals surface area contributed by atoms with Crippen LogP contribution in [0.25, 0.3) is 0 Å². The SMILES string of the molecule is CSCCC1C(O)=C(C(=O)NC(C)(C)CC(C)(C)C)C(=O)N1C(C)=O. The number of aliphatic hydroxyl groups excluding tert-OH is 1. The molecule has 7 heteroatoms. The third-order valence-corrected chi connectivity index (χ3v) is 4.55. The number of amides is 3. The first-order valence-corrected chi connectivity index (χ1v) is 9.79. The molecule has 25 heavy (non-hydrogen) atoms. The third-order valence-electron chi connectivity index (χ3n) is 3.90. The Balaban J connectivity index is 3.08. The van der Waals surface area contributed by atoms with Crippen molar-refractivity contribution in [1.82, 2.24) is 10.2 Å². The molecule has 0 aromatic rings. The van der Waals surface area contributed by atoms with Gasteiger partial charge in [-0.1, -0.05) is 20.8 Å². The summed E-state index contributed by atoms with van der Waals surface area (Å²) in [5.41, 5.74) is -0.885. The van der Waals surface area contributed by atoms with Crippen molar-refractivity contribution in [3.63, 3.8) is 0 Å². The largest absolute Gasteiger partial charge is 0.509 e. The van der Waals surface area contributed by atoms with Crippen LogP contribution in [0.15, 0.2) is 11.3 Å². The molecule has 0 saturated heterocycles. The van der Waals surface area contributed by atoms with Gasteiger partial charge < -0.3 is 10.4 Å². The molecule has 142 valence electrons. The lowest BCUT2D eigenvalue weighted by molar-refractivity contribution is -0.142. The van der Waals surface area contributed by atoms with Crippen molar-refractivity contribution in [2.45, 2.75) is 66.0 Å².